The van der Waals surface area contributed by atoms with Gasteiger partial charge in [0.25, 0.3) is 5.91 Å². The average molecular weight is 541 g/mol. The quantitative estimate of drug-likeness (QED) is 0.301. The minimum absolute atomic E-state index is 0.127. The highest BCUT2D eigenvalue weighted by Crippen LogP contribution is 2.58. The molecule has 12 nitrogen and oxygen atoms in total. The highest BCUT2D eigenvalue weighted by atomic mass is 16.5. The lowest BCUT2D eigenvalue weighted by molar-refractivity contribution is -0.0493. The van der Waals surface area contributed by atoms with Crippen LogP contribution in [0.15, 0.2) is 43.1 Å². The number of carbonyl (C=O) groups is 1. The average Bonchev–Trinajstić information content (AvgIpc) is 3.57. The summed E-state index contributed by atoms with van der Waals surface area (Å²) < 4.78 is 9.50. The Morgan fingerprint density at radius 3 is 2.48 bits per heavy atom. The fourth-order valence-electron chi connectivity index (χ4n) is 7.46. The van der Waals surface area contributed by atoms with Crippen LogP contribution >= 0.6 is 0 Å². The molecule has 3 aromatic heterocycles. The monoisotopic (exact) mass is 540 g/mol. The molecule has 8 rings (SSSR count). The van der Waals surface area contributed by atoms with Gasteiger partial charge in [0, 0.05) is 19.4 Å². The van der Waals surface area contributed by atoms with Gasteiger partial charge in [-0.3, -0.25) is 14.2 Å². The molecule has 1 aromatic carbocycles. The first-order valence-corrected chi connectivity index (χ1v) is 13.7. The lowest BCUT2D eigenvalue weighted by atomic mass is 9.53. The highest BCUT2D eigenvalue weighted by molar-refractivity contribution is 5.98. The van der Waals surface area contributed by atoms with Gasteiger partial charge in [-0.2, -0.15) is 15.2 Å². The number of anilines is 4. The van der Waals surface area contributed by atoms with E-state index in [2.05, 4.69) is 41.6 Å². The van der Waals surface area contributed by atoms with Crippen LogP contribution in [0.1, 0.15) is 48.9 Å². The number of para-hydroxylation sites is 1. The standard InChI is InChI=1S/C28H32N10O2/c1-37-15-31-25(36-37)20-4-3-5-22(23(20)40-2)34-26-21(24(29)39)13-30-27(35-26)33-19-12-32-38(14-19)28-9-16-6-17(10-28)8-18(7-16)11-28/h3-5,12-18H,6-11H2,1-2H3,(H2,29,39)(H2,30,33,34,35). The Kier molecular flexibility index (Phi) is 5.72. The van der Waals surface area contributed by atoms with Crippen molar-refractivity contribution in [2.75, 3.05) is 17.7 Å². The van der Waals surface area contributed by atoms with E-state index in [1.165, 1.54) is 44.7 Å². The van der Waals surface area contributed by atoms with Gasteiger partial charge in [0.15, 0.2) is 11.6 Å². The van der Waals surface area contributed by atoms with Crippen LogP contribution in [0.4, 0.5) is 23.1 Å². The fraction of sp³-hybridized carbons (Fsp3) is 0.429. The topological polar surface area (TPSA) is 151 Å². The minimum Gasteiger partial charge on any atom is -0.494 e. The number of amides is 1. The predicted octanol–water partition coefficient (Wildman–Crippen LogP) is 3.99. The molecule has 4 N–H and O–H groups in total. The number of methoxy groups -OCH3 is 1. The van der Waals surface area contributed by atoms with Crippen molar-refractivity contribution in [3.8, 4) is 17.1 Å². The summed E-state index contributed by atoms with van der Waals surface area (Å²) in [6.45, 7) is 0. The van der Waals surface area contributed by atoms with Gasteiger partial charge >= 0.3 is 0 Å². The van der Waals surface area contributed by atoms with Crippen LogP contribution in [0.3, 0.4) is 0 Å². The van der Waals surface area contributed by atoms with Crippen LogP contribution in [0.2, 0.25) is 0 Å². The summed E-state index contributed by atoms with van der Waals surface area (Å²) in [5.41, 5.74) is 8.02. The lowest BCUT2D eigenvalue weighted by Crippen LogP contribution is -2.52. The predicted molar refractivity (Wildman–Crippen MR) is 148 cm³/mol. The molecule has 4 fully saturated rings. The molecule has 0 saturated heterocycles. The first-order chi connectivity index (χ1) is 19.4. The zero-order valence-corrected chi connectivity index (χ0v) is 22.5. The second-order valence-corrected chi connectivity index (χ2v) is 11.5. The Hall–Kier alpha value is -4.48. The molecular formula is C28H32N10O2. The Morgan fingerprint density at radius 1 is 1.07 bits per heavy atom. The summed E-state index contributed by atoms with van der Waals surface area (Å²) in [6, 6.07) is 5.53. The summed E-state index contributed by atoms with van der Waals surface area (Å²) >= 11 is 0. The van der Waals surface area contributed by atoms with Crippen LogP contribution in [0, 0.1) is 17.8 Å². The fourth-order valence-corrected chi connectivity index (χ4v) is 7.46. The summed E-state index contributed by atoms with van der Waals surface area (Å²) in [6.07, 6.45) is 14.7. The second-order valence-electron chi connectivity index (χ2n) is 11.5. The molecule has 4 saturated carbocycles. The molecule has 0 spiro atoms. The normalized spacial score (nSPS) is 24.7. The molecule has 4 bridgehead atoms. The first kappa shape index (κ1) is 24.6. The van der Waals surface area contributed by atoms with Gasteiger partial charge in [0.2, 0.25) is 5.95 Å². The van der Waals surface area contributed by atoms with E-state index in [0.717, 1.165) is 23.4 Å². The molecule has 206 valence electrons. The van der Waals surface area contributed by atoms with E-state index < -0.39 is 5.91 Å². The molecule has 12 heteroatoms. The maximum atomic E-state index is 12.3. The number of nitrogens with zero attached hydrogens (tertiary/aromatic N) is 7. The van der Waals surface area contributed by atoms with Gasteiger partial charge in [-0.25, -0.2) is 9.97 Å². The molecule has 0 aliphatic heterocycles. The number of primary amides is 1. The number of aromatic nitrogens is 7. The van der Waals surface area contributed by atoms with Crippen LogP contribution in [0.5, 0.6) is 5.75 Å². The number of rotatable bonds is 8. The van der Waals surface area contributed by atoms with E-state index in [1.807, 2.05) is 24.4 Å². The zero-order chi connectivity index (χ0) is 27.4. The molecule has 0 radical (unpaired) electrons. The largest absolute Gasteiger partial charge is 0.494 e. The number of hydrogen-bond donors (Lipinski definition) is 3. The zero-order valence-electron chi connectivity index (χ0n) is 22.5. The SMILES string of the molecule is COc1c(Nc2nc(Nc3cnn(C45CC6CC(CC(C6)C4)C5)c3)ncc2C(N)=O)cccc1-c1ncn(C)n1. The van der Waals surface area contributed by atoms with Crippen molar-refractivity contribution in [2.24, 2.45) is 30.5 Å². The van der Waals surface area contributed by atoms with E-state index >= 15 is 0 Å². The molecule has 1 amide bonds. The van der Waals surface area contributed by atoms with E-state index in [1.54, 1.807) is 25.2 Å². The minimum atomic E-state index is -0.648. The van der Waals surface area contributed by atoms with Gasteiger partial charge in [-0.15, -0.1) is 0 Å². The number of benzene rings is 1. The molecule has 0 atom stereocenters. The third kappa shape index (κ3) is 4.23. The molecule has 4 aromatic rings. The molecule has 4 aliphatic carbocycles. The summed E-state index contributed by atoms with van der Waals surface area (Å²) in [5.74, 6) is 3.43. The molecular weight excluding hydrogens is 508 g/mol. The van der Waals surface area contributed by atoms with Gasteiger partial charge in [0.1, 0.15) is 17.7 Å². The van der Waals surface area contributed by atoms with Crippen molar-refractivity contribution >= 4 is 29.0 Å². The molecule has 0 unspecified atom stereocenters. The van der Waals surface area contributed by atoms with E-state index in [-0.39, 0.29) is 16.9 Å². The van der Waals surface area contributed by atoms with Crippen molar-refractivity contribution < 1.29 is 9.53 Å². The van der Waals surface area contributed by atoms with Gasteiger partial charge in [-0.1, -0.05) is 6.07 Å². The van der Waals surface area contributed by atoms with Crippen molar-refractivity contribution in [3.05, 3.63) is 48.7 Å². The number of nitrogens with one attached hydrogen (secondary N) is 2. The molecule has 4 aliphatic rings. The Morgan fingerprint density at radius 2 is 1.82 bits per heavy atom. The Labute approximate surface area is 231 Å². The molecule has 3 heterocycles. The third-order valence-electron chi connectivity index (χ3n) is 8.70. The van der Waals surface area contributed by atoms with Crippen LogP contribution in [-0.2, 0) is 12.6 Å². The van der Waals surface area contributed by atoms with Gasteiger partial charge in [0.05, 0.1) is 35.8 Å². The maximum absolute atomic E-state index is 12.3. The molecule has 40 heavy (non-hydrogen) atoms. The van der Waals surface area contributed by atoms with Crippen LogP contribution < -0.4 is 21.1 Å². The van der Waals surface area contributed by atoms with Gasteiger partial charge < -0.3 is 21.1 Å². The number of hydrogen-bond acceptors (Lipinski definition) is 9. The summed E-state index contributed by atoms with van der Waals surface area (Å²) in [5, 5.41) is 15.6. The summed E-state index contributed by atoms with van der Waals surface area (Å²) in [4.78, 5) is 25.5. The number of ether oxygens (including phenoxy) is 1. The van der Waals surface area contributed by atoms with E-state index in [9.17, 15) is 4.79 Å². The van der Waals surface area contributed by atoms with Gasteiger partial charge in [-0.05, 0) is 68.4 Å². The van der Waals surface area contributed by atoms with Crippen molar-refractivity contribution in [1.29, 1.82) is 0 Å². The number of aryl methyl sites for hydroxylation is 1. The summed E-state index contributed by atoms with van der Waals surface area (Å²) in [7, 11) is 3.36. The van der Waals surface area contributed by atoms with E-state index in [0.29, 0.717) is 28.8 Å². The maximum Gasteiger partial charge on any atom is 0.254 e. The van der Waals surface area contributed by atoms with Crippen molar-refractivity contribution in [1.82, 2.24) is 34.5 Å². The Bertz CT molecular complexity index is 1560. The number of carbonyl (C=O) groups excluding carboxylic acids is 1. The number of nitrogens with two attached hydrogens (primary N) is 1. The van der Waals surface area contributed by atoms with Crippen molar-refractivity contribution in [3.63, 3.8) is 0 Å². The third-order valence-corrected chi connectivity index (χ3v) is 8.70. The van der Waals surface area contributed by atoms with Crippen LogP contribution in [0.25, 0.3) is 11.4 Å². The highest BCUT2D eigenvalue weighted by Gasteiger charge is 2.52. The first-order valence-electron chi connectivity index (χ1n) is 13.7. The van der Waals surface area contributed by atoms with Crippen LogP contribution in [-0.4, -0.2) is 47.5 Å². The second kappa shape index (κ2) is 9.32. The Balaban J connectivity index is 1.16. The smallest absolute Gasteiger partial charge is 0.254 e. The van der Waals surface area contributed by atoms with Crippen molar-refractivity contribution in [2.45, 2.75) is 44.1 Å². The lowest BCUT2D eigenvalue weighted by Gasteiger charge is -2.56. The van der Waals surface area contributed by atoms with E-state index in [4.69, 9.17) is 15.6 Å².